The molecule has 1 aliphatic carbocycles. The van der Waals surface area contributed by atoms with Gasteiger partial charge in [-0.15, -0.1) is 0 Å². The van der Waals surface area contributed by atoms with E-state index >= 15 is 0 Å². The molecule has 0 aromatic heterocycles. The van der Waals surface area contributed by atoms with Gasteiger partial charge in [0.15, 0.2) is 6.61 Å². The van der Waals surface area contributed by atoms with Crippen LogP contribution < -0.4 is 20.7 Å². The van der Waals surface area contributed by atoms with Gasteiger partial charge in [-0.2, -0.15) is 0 Å². The number of carbonyl (C=O) groups is 4. The normalized spacial score (nSPS) is 18.3. The predicted molar refractivity (Wildman–Crippen MR) is 104 cm³/mol. The van der Waals surface area contributed by atoms with E-state index in [1.54, 1.807) is 24.3 Å². The number of amides is 4. The number of hydrogen-bond acceptors (Lipinski definition) is 6. The van der Waals surface area contributed by atoms with Crippen LogP contribution in [0, 0.1) is 5.92 Å². The summed E-state index contributed by atoms with van der Waals surface area (Å²) < 4.78 is 9.78. The number of nitrogens with one attached hydrogen (secondary N) is 3. The van der Waals surface area contributed by atoms with Crippen molar-refractivity contribution < 1.29 is 28.7 Å². The Balaban J connectivity index is 1.65. The Morgan fingerprint density at radius 3 is 2.41 bits per heavy atom. The molecule has 0 aliphatic heterocycles. The second kappa shape index (κ2) is 11.0. The van der Waals surface area contributed by atoms with Crippen molar-refractivity contribution in [2.75, 3.05) is 20.3 Å². The Kier molecular flexibility index (Phi) is 8.45. The number of methoxy groups -OCH3 is 1. The molecule has 0 saturated heterocycles. The first kappa shape index (κ1) is 22.2. The summed E-state index contributed by atoms with van der Waals surface area (Å²) >= 11 is 0. The fourth-order valence-electron chi connectivity index (χ4n) is 3.09. The van der Waals surface area contributed by atoms with E-state index < -0.39 is 37.0 Å². The molecule has 1 aliphatic rings. The smallest absolute Gasteiger partial charge is 0.325 e. The molecule has 0 radical (unpaired) electrons. The van der Waals surface area contributed by atoms with Crippen molar-refractivity contribution >= 4 is 23.8 Å². The van der Waals surface area contributed by atoms with Gasteiger partial charge in [0.1, 0.15) is 12.3 Å². The van der Waals surface area contributed by atoms with Gasteiger partial charge >= 0.3 is 12.0 Å². The third kappa shape index (κ3) is 7.44. The molecule has 2 rings (SSSR count). The van der Waals surface area contributed by atoms with Gasteiger partial charge in [-0.05, 0) is 43.0 Å². The first-order chi connectivity index (χ1) is 13.9. The van der Waals surface area contributed by atoms with E-state index in [2.05, 4.69) is 22.9 Å². The summed E-state index contributed by atoms with van der Waals surface area (Å²) in [5.74, 6) is -1.02. The third-order valence-electron chi connectivity index (χ3n) is 4.79. The van der Waals surface area contributed by atoms with E-state index in [0.717, 1.165) is 25.7 Å². The molecule has 29 heavy (non-hydrogen) atoms. The van der Waals surface area contributed by atoms with Crippen molar-refractivity contribution in [3.05, 3.63) is 29.8 Å². The Bertz CT molecular complexity index is 734. The molecule has 1 saturated carbocycles. The van der Waals surface area contributed by atoms with E-state index in [1.165, 1.54) is 7.11 Å². The lowest BCUT2D eigenvalue weighted by molar-refractivity contribution is -0.147. The van der Waals surface area contributed by atoms with Crippen LogP contribution in [0.3, 0.4) is 0 Å². The van der Waals surface area contributed by atoms with Gasteiger partial charge in [-0.3, -0.25) is 19.7 Å². The lowest BCUT2D eigenvalue weighted by Crippen LogP contribution is -2.48. The fraction of sp³-hybridized carbons (Fsp3) is 0.500. The van der Waals surface area contributed by atoms with Crippen LogP contribution in [-0.4, -0.2) is 50.1 Å². The number of imide groups is 1. The number of rotatable bonds is 7. The molecule has 0 heterocycles. The molecule has 1 fully saturated rings. The third-order valence-corrected chi connectivity index (χ3v) is 4.79. The van der Waals surface area contributed by atoms with E-state index in [9.17, 15) is 19.2 Å². The van der Waals surface area contributed by atoms with Gasteiger partial charge in [-0.25, -0.2) is 4.79 Å². The number of urea groups is 1. The topological polar surface area (TPSA) is 123 Å². The average molecular weight is 405 g/mol. The van der Waals surface area contributed by atoms with Gasteiger partial charge < -0.3 is 20.1 Å². The quantitative estimate of drug-likeness (QED) is 0.589. The highest BCUT2D eigenvalue weighted by Crippen LogP contribution is 2.23. The molecule has 0 spiro atoms. The van der Waals surface area contributed by atoms with Crippen LogP contribution in [0.2, 0.25) is 0 Å². The Morgan fingerprint density at radius 2 is 1.76 bits per heavy atom. The lowest BCUT2D eigenvalue weighted by atomic mass is 9.86. The Labute approximate surface area is 169 Å². The van der Waals surface area contributed by atoms with Crippen molar-refractivity contribution in [3.63, 3.8) is 0 Å². The minimum Gasteiger partial charge on any atom is -0.497 e. The lowest BCUT2D eigenvalue weighted by Gasteiger charge is -2.29. The van der Waals surface area contributed by atoms with Crippen LogP contribution in [0.4, 0.5) is 4.79 Å². The summed E-state index contributed by atoms with van der Waals surface area (Å²) in [4.78, 5) is 47.3. The Hall–Kier alpha value is -3.10. The van der Waals surface area contributed by atoms with Crippen LogP contribution in [0.5, 0.6) is 5.75 Å². The van der Waals surface area contributed by atoms with Gasteiger partial charge in [0.05, 0.1) is 7.11 Å². The van der Waals surface area contributed by atoms with Crippen molar-refractivity contribution in [3.8, 4) is 5.75 Å². The van der Waals surface area contributed by atoms with Gasteiger partial charge in [-0.1, -0.05) is 19.8 Å². The molecule has 1 aromatic rings. The predicted octanol–water partition coefficient (Wildman–Crippen LogP) is 1.37. The monoisotopic (exact) mass is 405 g/mol. The number of esters is 1. The molecular formula is C20H27N3O6. The van der Waals surface area contributed by atoms with Crippen LogP contribution in [-0.2, 0) is 14.3 Å². The van der Waals surface area contributed by atoms with Crippen molar-refractivity contribution in [1.82, 2.24) is 16.0 Å². The second-order valence-electron chi connectivity index (χ2n) is 6.96. The summed E-state index contributed by atoms with van der Waals surface area (Å²) in [6.45, 7) is 1.06. The van der Waals surface area contributed by atoms with Gasteiger partial charge in [0.25, 0.3) is 11.8 Å². The maximum atomic E-state index is 12.0. The number of ether oxygens (including phenoxy) is 2. The summed E-state index contributed by atoms with van der Waals surface area (Å²) in [6.07, 6.45) is 4.11. The van der Waals surface area contributed by atoms with Gasteiger partial charge in [0, 0.05) is 11.6 Å². The number of hydrogen-bond donors (Lipinski definition) is 3. The average Bonchev–Trinajstić information content (AvgIpc) is 2.72. The molecule has 0 bridgehead atoms. The molecular weight excluding hydrogens is 378 g/mol. The van der Waals surface area contributed by atoms with Crippen LogP contribution >= 0.6 is 0 Å². The summed E-state index contributed by atoms with van der Waals surface area (Å²) in [7, 11) is 1.52. The molecule has 4 amide bonds. The minimum absolute atomic E-state index is 0.0345. The van der Waals surface area contributed by atoms with E-state index in [0.29, 0.717) is 17.2 Å². The SMILES string of the molecule is COc1ccc(C(=O)NCC(=O)OCC(=O)NC(=O)N[C@@H]2CCCC[C@@H]2C)cc1. The first-order valence-electron chi connectivity index (χ1n) is 9.57. The van der Waals surface area contributed by atoms with Crippen molar-refractivity contribution in [2.45, 2.75) is 38.6 Å². The number of carbonyl (C=O) groups excluding carboxylic acids is 4. The van der Waals surface area contributed by atoms with Crippen LogP contribution in [0.25, 0.3) is 0 Å². The summed E-state index contributed by atoms with van der Waals surface area (Å²) in [5.41, 5.74) is 0.352. The standard InChI is InChI=1S/C20H27N3O6/c1-13-5-3-4-6-16(13)22-20(27)23-17(24)12-29-18(25)11-21-19(26)14-7-9-15(28-2)10-8-14/h7-10,13,16H,3-6,11-12H2,1-2H3,(H,21,26)(H2,22,23,24,27)/t13-,16+/m0/s1. The molecule has 158 valence electrons. The molecule has 3 N–H and O–H groups in total. The maximum absolute atomic E-state index is 12.0. The highest BCUT2D eigenvalue weighted by molar-refractivity contribution is 5.97. The fourth-order valence-corrected chi connectivity index (χ4v) is 3.09. The zero-order valence-electron chi connectivity index (χ0n) is 16.7. The summed E-state index contributed by atoms with van der Waals surface area (Å²) in [6, 6.07) is 5.79. The molecule has 0 unspecified atom stereocenters. The molecule has 2 atom stereocenters. The minimum atomic E-state index is -0.789. The van der Waals surface area contributed by atoms with Crippen LogP contribution in [0.1, 0.15) is 43.0 Å². The summed E-state index contributed by atoms with van der Waals surface area (Å²) in [5, 5.41) is 7.31. The highest BCUT2D eigenvalue weighted by Gasteiger charge is 2.23. The molecule has 1 aromatic carbocycles. The van der Waals surface area contributed by atoms with Crippen LogP contribution in [0.15, 0.2) is 24.3 Å². The van der Waals surface area contributed by atoms with E-state index in [4.69, 9.17) is 9.47 Å². The number of benzene rings is 1. The highest BCUT2D eigenvalue weighted by atomic mass is 16.5. The van der Waals surface area contributed by atoms with Gasteiger partial charge in [0.2, 0.25) is 0 Å². The largest absolute Gasteiger partial charge is 0.497 e. The molecule has 9 heteroatoms. The zero-order valence-corrected chi connectivity index (χ0v) is 16.7. The molecule has 9 nitrogen and oxygen atoms in total. The van der Waals surface area contributed by atoms with E-state index in [-0.39, 0.29) is 6.04 Å². The zero-order chi connectivity index (χ0) is 21.2. The van der Waals surface area contributed by atoms with Crippen molar-refractivity contribution in [2.24, 2.45) is 5.92 Å². The van der Waals surface area contributed by atoms with E-state index in [1.807, 2.05) is 0 Å². The first-order valence-corrected chi connectivity index (χ1v) is 9.57. The Morgan fingerprint density at radius 1 is 1.07 bits per heavy atom. The maximum Gasteiger partial charge on any atom is 0.325 e. The second-order valence-corrected chi connectivity index (χ2v) is 6.96. The van der Waals surface area contributed by atoms with Crippen molar-refractivity contribution in [1.29, 1.82) is 0 Å².